The fraction of sp³-hybridized carbons (Fsp3) is 0.188. The van der Waals surface area contributed by atoms with E-state index in [9.17, 15) is 18.3 Å². The molecule has 0 aliphatic heterocycles. The van der Waals surface area contributed by atoms with E-state index < -0.39 is 17.8 Å². The number of rotatable bonds is 3. The summed E-state index contributed by atoms with van der Waals surface area (Å²) in [7, 11) is 1.61. The lowest BCUT2D eigenvalue weighted by Crippen LogP contribution is -2.07. The molecule has 5 nitrogen and oxygen atoms in total. The second-order valence-corrected chi connectivity index (χ2v) is 6.13. The number of aliphatic hydroxyl groups excluding tert-OH is 1. The predicted molar refractivity (Wildman–Crippen MR) is 89.8 cm³/mol. The van der Waals surface area contributed by atoms with Gasteiger partial charge in [0.05, 0.1) is 23.0 Å². The molecule has 0 spiro atoms. The highest BCUT2D eigenvalue weighted by Gasteiger charge is 2.30. The number of aryl methyl sites for hydroxylation is 1. The van der Waals surface area contributed by atoms with Crippen molar-refractivity contribution in [3.05, 3.63) is 63.8 Å². The molecular weight excluding hydrogens is 392 g/mol. The van der Waals surface area contributed by atoms with Gasteiger partial charge in [0, 0.05) is 18.2 Å². The second kappa shape index (κ2) is 6.86. The number of hydrogen-bond donors (Lipinski definition) is 1. The summed E-state index contributed by atoms with van der Waals surface area (Å²) in [6.45, 7) is 0. The first-order valence-corrected chi connectivity index (χ1v) is 7.99. The molecule has 1 aromatic carbocycles. The Labute approximate surface area is 156 Å². The summed E-state index contributed by atoms with van der Waals surface area (Å²) in [5.41, 5.74) is 0.495. The second-order valence-electron chi connectivity index (χ2n) is 5.42. The molecule has 10 heteroatoms. The van der Waals surface area contributed by atoms with Crippen molar-refractivity contribution in [2.24, 2.45) is 7.05 Å². The van der Waals surface area contributed by atoms with Crippen molar-refractivity contribution in [3.63, 3.8) is 0 Å². The van der Waals surface area contributed by atoms with E-state index in [0.717, 1.165) is 18.5 Å². The third-order valence-corrected chi connectivity index (χ3v) is 4.41. The van der Waals surface area contributed by atoms with Crippen LogP contribution in [0.1, 0.15) is 22.8 Å². The molecular formula is C16H11Cl2F3N4O. The number of aromatic nitrogens is 4. The maximum absolute atomic E-state index is 12.8. The van der Waals surface area contributed by atoms with Gasteiger partial charge in [0.25, 0.3) is 0 Å². The number of nitrogens with zero attached hydrogens (tertiary/aromatic N) is 4. The van der Waals surface area contributed by atoms with Gasteiger partial charge in [-0.05, 0) is 12.1 Å². The molecule has 3 rings (SSSR count). The minimum Gasteiger partial charge on any atom is -0.383 e. The molecule has 3 aromatic rings. The Kier molecular flexibility index (Phi) is 4.92. The first-order valence-electron chi connectivity index (χ1n) is 7.23. The normalized spacial score (nSPS) is 13.0. The van der Waals surface area contributed by atoms with Crippen molar-refractivity contribution < 1.29 is 18.3 Å². The third kappa shape index (κ3) is 3.40. The van der Waals surface area contributed by atoms with Crippen LogP contribution in [0.3, 0.4) is 0 Å². The van der Waals surface area contributed by atoms with Crippen LogP contribution < -0.4 is 0 Å². The molecule has 2 heterocycles. The lowest BCUT2D eigenvalue weighted by atomic mass is 9.99. The zero-order valence-electron chi connectivity index (χ0n) is 13.2. The first kappa shape index (κ1) is 18.6. The summed E-state index contributed by atoms with van der Waals surface area (Å²) in [5, 5.41) is 14.7. The molecule has 0 saturated heterocycles. The topological polar surface area (TPSA) is 63.8 Å². The van der Waals surface area contributed by atoms with Gasteiger partial charge in [-0.2, -0.15) is 18.3 Å². The summed E-state index contributed by atoms with van der Waals surface area (Å²) < 4.78 is 39.7. The predicted octanol–water partition coefficient (Wildman–Crippen LogP) is 4.28. The molecule has 1 N–H and O–H groups in total. The number of halogens is 5. The van der Waals surface area contributed by atoms with Gasteiger partial charge < -0.3 is 5.11 Å². The maximum Gasteiger partial charge on any atom is 0.416 e. The van der Waals surface area contributed by atoms with Crippen molar-refractivity contribution in [3.8, 4) is 11.3 Å². The Balaban J connectivity index is 2.07. The van der Waals surface area contributed by atoms with Gasteiger partial charge in [-0.3, -0.25) is 4.68 Å². The van der Waals surface area contributed by atoms with Gasteiger partial charge in [0.15, 0.2) is 0 Å². The van der Waals surface area contributed by atoms with Crippen LogP contribution in [-0.4, -0.2) is 24.9 Å². The summed E-state index contributed by atoms with van der Waals surface area (Å²) >= 11 is 12.0. The Morgan fingerprint density at radius 2 is 1.65 bits per heavy atom. The van der Waals surface area contributed by atoms with E-state index in [1.54, 1.807) is 7.05 Å². The van der Waals surface area contributed by atoms with E-state index in [0.29, 0.717) is 16.8 Å². The molecule has 0 saturated carbocycles. The number of aliphatic hydroxyl groups is 1. The standard InChI is InChI=1S/C16H11Cl2F3N4O/c1-25-12(8-2-4-9(5-3-8)16(19,20)21)10(6-24-25)13(26)11-14(17)22-7-23-15(11)18/h2-7,13,26H,1H3. The lowest BCUT2D eigenvalue weighted by molar-refractivity contribution is -0.137. The molecule has 0 aliphatic rings. The molecule has 0 fully saturated rings. The van der Waals surface area contributed by atoms with Crippen molar-refractivity contribution in [2.45, 2.75) is 12.3 Å². The van der Waals surface area contributed by atoms with Crippen LogP contribution in [0.25, 0.3) is 11.3 Å². The Bertz CT molecular complexity index is 921. The smallest absolute Gasteiger partial charge is 0.383 e. The molecule has 26 heavy (non-hydrogen) atoms. The molecule has 0 amide bonds. The number of benzene rings is 1. The molecule has 1 unspecified atom stereocenters. The van der Waals surface area contributed by atoms with Crippen LogP contribution in [0.15, 0.2) is 36.8 Å². The zero-order valence-corrected chi connectivity index (χ0v) is 14.7. The quantitative estimate of drug-likeness (QED) is 0.663. The van der Waals surface area contributed by atoms with E-state index in [2.05, 4.69) is 15.1 Å². The number of alkyl halides is 3. The van der Waals surface area contributed by atoms with Crippen LogP contribution in [0.2, 0.25) is 10.3 Å². The molecule has 0 radical (unpaired) electrons. The zero-order chi connectivity index (χ0) is 19.1. The molecule has 2 aromatic heterocycles. The number of hydrogen-bond acceptors (Lipinski definition) is 4. The summed E-state index contributed by atoms with van der Waals surface area (Å²) in [4.78, 5) is 7.58. The third-order valence-electron chi connectivity index (χ3n) is 3.81. The molecule has 0 aliphatic carbocycles. The highest BCUT2D eigenvalue weighted by molar-refractivity contribution is 6.34. The van der Waals surface area contributed by atoms with Gasteiger partial charge in [-0.25, -0.2) is 9.97 Å². The maximum atomic E-state index is 12.8. The van der Waals surface area contributed by atoms with Crippen LogP contribution in [0, 0.1) is 0 Å². The minimum atomic E-state index is -4.43. The Hall–Kier alpha value is -2.16. The summed E-state index contributed by atoms with van der Waals surface area (Å²) in [6, 6.07) is 4.54. The van der Waals surface area contributed by atoms with E-state index in [1.165, 1.54) is 23.0 Å². The van der Waals surface area contributed by atoms with Crippen molar-refractivity contribution in [1.82, 2.24) is 19.7 Å². The Morgan fingerprint density at radius 1 is 1.08 bits per heavy atom. The Morgan fingerprint density at radius 3 is 2.19 bits per heavy atom. The first-order chi connectivity index (χ1) is 12.2. The summed E-state index contributed by atoms with van der Waals surface area (Å²) in [5.74, 6) is 0. The minimum absolute atomic E-state index is 0.0280. The SMILES string of the molecule is Cn1ncc(C(O)c2c(Cl)ncnc2Cl)c1-c1ccc(C(F)(F)F)cc1. The highest BCUT2D eigenvalue weighted by Crippen LogP contribution is 2.37. The molecule has 1 atom stereocenters. The monoisotopic (exact) mass is 402 g/mol. The van der Waals surface area contributed by atoms with E-state index >= 15 is 0 Å². The van der Waals surface area contributed by atoms with Crippen molar-refractivity contribution in [2.75, 3.05) is 0 Å². The van der Waals surface area contributed by atoms with Gasteiger partial charge in [0.1, 0.15) is 22.7 Å². The van der Waals surface area contributed by atoms with Gasteiger partial charge in [-0.1, -0.05) is 35.3 Å². The molecule has 0 bridgehead atoms. The fourth-order valence-electron chi connectivity index (χ4n) is 2.56. The fourth-order valence-corrected chi connectivity index (χ4v) is 3.08. The largest absolute Gasteiger partial charge is 0.416 e. The van der Waals surface area contributed by atoms with Gasteiger partial charge in [-0.15, -0.1) is 0 Å². The highest BCUT2D eigenvalue weighted by atomic mass is 35.5. The van der Waals surface area contributed by atoms with E-state index in [1.807, 2.05) is 0 Å². The van der Waals surface area contributed by atoms with Crippen LogP contribution in [0.4, 0.5) is 13.2 Å². The van der Waals surface area contributed by atoms with Crippen LogP contribution >= 0.6 is 23.2 Å². The lowest BCUT2D eigenvalue weighted by Gasteiger charge is -2.15. The van der Waals surface area contributed by atoms with Gasteiger partial charge >= 0.3 is 6.18 Å². The summed E-state index contributed by atoms with van der Waals surface area (Å²) in [6.07, 6.45) is -3.20. The molecule has 136 valence electrons. The average molecular weight is 403 g/mol. The van der Waals surface area contributed by atoms with Crippen molar-refractivity contribution in [1.29, 1.82) is 0 Å². The van der Waals surface area contributed by atoms with E-state index in [-0.39, 0.29) is 15.9 Å². The average Bonchev–Trinajstić information content (AvgIpc) is 2.95. The van der Waals surface area contributed by atoms with Crippen LogP contribution in [0.5, 0.6) is 0 Å². The van der Waals surface area contributed by atoms with E-state index in [4.69, 9.17) is 23.2 Å². The van der Waals surface area contributed by atoms with Crippen LogP contribution in [-0.2, 0) is 13.2 Å². The van der Waals surface area contributed by atoms with Gasteiger partial charge in [0.2, 0.25) is 0 Å². The van der Waals surface area contributed by atoms with Crippen molar-refractivity contribution >= 4 is 23.2 Å².